The average molecular weight is 176 g/mol. The first-order valence-corrected chi connectivity index (χ1v) is 3.05. The maximum atomic E-state index is 12.5. The molecule has 0 aromatic heterocycles. The van der Waals surface area contributed by atoms with Crippen molar-refractivity contribution in [2.24, 2.45) is 0 Å². The lowest BCUT2D eigenvalue weighted by Crippen LogP contribution is -1.88. The zero-order valence-corrected chi connectivity index (χ0v) is 5.95. The summed E-state index contributed by atoms with van der Waals surface area (Å²) in [7, 11) is 0. The zero-order chi connectivity index (χ0) is 8.43. The van der Waals surface area contributed by atoms with E-state index in [1.807, 2.05) is 0 Å². The number of hydrogen-bond donors (Lipinski definition) is 0. The normalized spacial score (nSPS) is 9.73. The topological polar surface area (TPSA) is 17.1 Å². The molecule has 1 nitrogen and oxygen atoms in total. The van der Waals surface area contributed by atoms with E-state index < -0.39 is 16.7 Å². The van der Waals surface area contributed by atoms with Crippen LogP contribution < -0.4 is 0 Å². The number of benzene rings is 1. The van der Waals surface area contributed by atoms with Gasteiger partial charge in [-0.05, 0) is 12.1 Å². The van der Waals surface area contributed by atoms with E-state index in [0.29, 0.717) is 0 Å². The van der Waals surface area contributed by atoms with Crippen LogP contribution in [0.15, 0.2) is 12.1 Å². The molecule has 11 heavy (non-hydrogen) atoms. The van der Waals surface area contributed by atoms with Gasteiger partial charge < -0.3 is 0 Å². The SMILES string of the molecule is O=[C]c1cc(F)c(Cl)c(F)c1. The van der Waals surface area contributed by atoms with Crippen LogP contribution in [0, 0.1) is 11.6 Å². The van der Waals surface area contributed by atoms with Gasteiger partial charge in [0.05, 0.1) is 0 Å². The van der Waals surface area contributed by atoms with Gasteiger partial charge in [-0.15, -0.1) is 0 Å². The molecule has 0 aliphatic heterocycles. The average Bonchev–Trinajstić information content (AvgIpc) is 1.99. The fourth-order valence-electron chi connectivity index (χ4n) is 0.614. The molecule has 0 fully saturated rings. The van der Waals surface area contributed by atoms with Gasteiger partial charge in [0, 0.05) is 5.56 Å². The third-order valence-electron chi connectivity index (χ3n) is 1.10. The highest BCUT2D eigenvalue weighted by Gasteiger charge is 2.07. The minimum atomic E-state index is -0.954. The van der Waals surface area contributed by atoms with Crippen LogP contribution in [0.4, 0.5) is 8.78 Å². The molecule has 0 saturated heterocycles. The highest BCUT2D eigenvalue weighted by molar-refractivity contribution is 6.30. The molecule has 0 aliphatic rings. The minimum Gasteiger partial charge on any atom is -0.285 e. The van der Waals surface area contributed by atoms with Crippen LogP contribution >= 0.6 is 11.6 Å². The van der Waals surface area contributed by atoms with Gasteiger partial charge in [0.2, 0.25) is 6.29 Å². The smallest absolute Gasteiger partial charge is 0.233 e. The van der Waals surface area contributed by atoms with Gasteiger partial charge in [-0.3, -0.25) is 4.79 Å². The van der Waals surface area contributed by atoms with E-state index in [4.69, 9.17) is 11.6 Å². The fraction of sp³-hybridized carbons (Fsp3) is 0. The van der Waals surface area contributed by atoms with Gasteiger partial charge >= 0.3 is 0 Å². The van der Waals surface area contributed by atoms with Crippen LogP contribution in [-0.2, 0) is 4.79 Å². The summed E-state index contributed by atoms with van der Waals surface area (Å²) in [5, 5.41) is -0.607. The molecule has 0 bridgehead atoms. The molecule has 0 spiro atoms. The van der Waals surface area contributed by atoms with E-state index in [0.717, 1.165) is 12.1 Å². The van der Waals surface area contributed by atoms with Crippen molar-refractivity contribution in [3.63, 3.8) is 0 Å². The van der Waals surface area contributed by atoms with Crippen LogP contribution in [0.5, 0.6) is 0 Å². The Kier molecular flexibility index (Phi) is 2.19. The standard InChI is InChI=1S/C7H2ClF2O/c8-7-5(9)1-4(3-11)2-6(7)10/h1-2H. The summed E-state index contributed by atoms with van der Waals surface area (Å²) in [6, 6.07) is 1.64. The number of halogens is 3. The van der Waals surface area contributed by atoms with Crippen molar-refractivity contribution in [1.29, 1.82) is 0 Å². The van der Waals surface area contributed by atoms with Crippen LogP contribution in [-0.4, -0.2) is 6.29 Å². The molecule has 0 N–H and O–H groups in total. The molecule has 0 amide bonds. The summed E-state index contributed by atoms with van der Waals surface area (Å²) in [5.74, 6) is -1.91. The molecule has 1 aromatic carbocycles. The van der Waals surface area contributed by atoms with Crippen molar-refractivity contribution in [2.75, 3.05) is 0 Å². The Labute approximate surface area is 66.6 Å². The third-order valence-corrected chi connectivity index (χ3v) is 1.46. The minimum absolute atomic E-state index is 0.190. The summed E-state index contributed by atoms with van der Waals surface area (Å²) < 4.78 is 25.0. The van der Waals surface area contributed by atoms with E-state index in [2.05, 4.69) is 0 Å². The summed E-state index contributed by atoms with van der Waals surface area (Å²) in [6.07, 6.45) is 1.35. The Balaban J connectivity index is 3.31. The largest absolute Gasteiger partial charge is 0.285 e. The second-order valence-electron chi connectivity index (χ2n) is 1.86. The molecule has 0 aliphatic carbocycles. The first-order chi connectivity index (χ1) is 5.15. The highest BCUT2D eigenvalue weighted by Crippen LogP contribution is 2.19. The zero-order valence-electron chi connectivity index (χ0n) is 5.20. The quantitative estimate of drug-likeness (QED) is 0.598. The number of rotatable bonds is 1. The highest BCUT2D eigenvalue weighted by atomic mass is 35.5. The molecule has 0 unspecified atom stereocenters. The molecular weight excluding hydrogens is 174 g/mol. The van der Waals surface area contributed by atoms with Crippen molar-refractivity contribution < 1.29 is 13.6 Å². The summed E-state index contributed by atoms with van der Waals surface area (Å²) >= 11 is 5.13. The number of hydrogen-bond acceptors (Lipinski definition) is 1. The lowest BCUT2D eigenvalue weighted by atomic mass is 10.2. The van der Waals surface area contributed by atoms with Crippen molar-refractivity contribution in [2.45, 2.75) is 0 Å². The monoisotopic (exact) mass is 175 g/mol. The van der Waals surface area contributed by atoms with Gasteiger partial charge in [0.15, 0.2) is 0 Å². The lowest BCUT2D eigenvalue weighted by Gasteiger charge is -1.95. The Morgan fingerprint density at radius 1 is 1.27 bits per heavy atom. The molecule has 1 rings (SSSR count). The molecule has 0 saturated carbocycles. The van der Waals surface area contributed by atoms with Gasteiger partial charge in [0.25, 0.3) is 0 Å². The molecule has 57 valence electrons. The lowest BCUT2D eigenvalue weighted by molar-refractivity contribution is 0.558. The van der Waals surface area contributed by atoms with Crippen molar-refractivity contribution >= 4 is 17.9 Å². The fourth-order valence-corrected chi connectivity index (χ4v) is 0.724. The van der Waals surface area contributed by atoms with Crippen LogP contribution in [0.1, 0.15) is 5.56 Å². The van der Waals surface area contributed by atoms with E-state index in [9.17, 15) is 13.6 Å². The molecular formula is C7H2ClF2O. The Hall–Kier alpha value is -0.960. The first kappa shape index (κ1) is 8.14. The van der Waals surface area contributed by atoms with Gasteiger partial charge in [-0.2, -0.15) is 0 Å². The molecule has 4 heteroatoms. The Bertz CT molecular complexity index is 275. The van der Waals surface area contributed by atoms with Crippen molar-refractivity contribution in [1.82, 2.24) is 0 Å². The van der Waals surface area contributed by atoms with E-state index in [1.54, 1.807) is 0 Å². The van der Waals surface area contributed by atoms with Gasteiger partial charge in [-0.1, -0.05) is 11.6 Å². The summed E-state index contributed by atoms with van der Waals surface area (Å²) in [4.78, 5) is 9.92. The predicted octanol–water partition coefficient (Wildman–Crippen LogP) is 2.08. The third kappa shape index (κ3) is 1.54. The molecule has 0 heterocycles. The molecule has 1 aromatic rings. The van der Waals surface area contributed by atoms with Crippen LogP contribution in [0.3, 0.4) is 0 Å². The van der Waals surface area contributed by atoms with E-state index >= 15 is 0 Å². The maximum Gasteiger partial charge on any atom is 0.233 e. The van der Waals surface area contributed by atoms with Gasteiger partial charge in [0.1, 0.15) is 16.7 Å². The molecule has 1 radical (unpaired) electrons. The van der Waals surface area contributed by atoms with Crippen LogP contribution in [0.2, 0.25) is 5.02 Å². The van der Waals surface area contributed by atoms with Crippen molar-refractivity contribution in [3.05, 3.63) is 34.4 Å². The number of carbonyl (C=O) groups excluding carboxylic acids is 1. The summed E-state index contributed by atoms with van der Waals surface area (Å²) in [5.41, 5.74) is -0.190. The van der Waals surface area contributed by atoms with Crippen LogP contribution in [0.25, 0.3) is 0 Å². The molecule has 0 atom stereocenters. The Morgan fingerprint density at radius 2 is 1.73 bits per heavy atom. The summed E-state index contributed by atoms with van der Waals surface area (Å²) in [6.45, 7) is 0. The van der Waals surface area contributed by atoms with E-state index in [-0.39, 0.29) is 5.56 Å². The maximum absolute atomic E-state index is 12.5. The Morgan fingerprint density at radius 3 is 2.09 bits per heavy atom. The second kappa shape index (κ2) is 2.96. The van der Waals surface area contributed by atoms with Gasteiger partial charge in [-0.25, -0.2) is 8.78 Å². The first-order valence-electron chi connectivity index (χ1n) is 2.68. The van der Waals surface area contributed by atoms with Crippen molar-refractivity contribution in [3.8, 4) is 0 Å². The second-order valence-corrected chi connectivity index (χ2v) is 2.23. The predicted molar refractivity (Wildman–Crippen MR) is 36.2 cm³/mol. The van der Waals surface area contributed by atoms with E-state index in [1.165, 1.54) is 6.29 Å².